The van der Waals surface area contributed by atoms with Gasteiger partial charge in [-0.3, -0.25) is 0 Å². The van der Waals surface area contributed by atoms with E-state index in [0.29, 0.717) is 19.5 Å². The molecule has 0 spiro atoms. The van der Waals surface area contributed by atoms with Crippen LogP contribution in [0, 0.1) is 0 Å². The molecule has 2 aromatic rings. The molecule has 1 atom stereocenters. The van der Waals surface area contributed by atoms with Gasteiger partial charge in [0.1, 0.15) is 6.61 Å². The fourth-order valence-corrected chi connectivity index (χ4v) is 4.79. The summed E-state index contributed by atoms with van der Waals surface area (Å²) in [5.41, 5.74) is 1.83. The summed E-state index contributed by atoms with van der Waals surface area (Å²) in [6.07, 6.45) is 0.995. The minimum atomic E-state index is -3.49. The molecule has 2 aromatic carbocycles. The molecule has 28 heavy (non-hydrogen) atoms. The van der Waals surface area contributed by atoms with Crippen molar-refractivity contribution in [2.24, 2.45) is 0 Å². The van der Waals surface area contributed by atoms with Gasteiger partial charge in [-0.2, -0.15) is 0 Å². The maximum atomic E-state index is 12.8. The van der Waals surface area contributed by atoms with Crippen molar-refractivity contribution in [1.82, 2.24) is 9.21 Å². The molecule has 1 aliphatic heterocycles. The Labute approximate surface area is 166 Å². The van der Waals surface area contributed by atoms with Crippen LogP contribution in [-0.4, -0.2) is 49.1 Å². The second-order valence-corrected chi connectivity index (χ2v) is 9.17. The Morgan fingerprint density at radius 2 is 1.68 bits per heavy atom. The molecule has 0 radical (unpaired) electrons. The number of hydrogen-bond donors (Lipinski definition) is 0. The van der Waals surface area contributed by atoms with Gasteiger partial charge in [0, 0.05) is 20.1 Å². The van der Waals surface area contributed by atoms with Crippen LogP contribution in [-0.2, 0) is 27.9 Å². The Balaban J connectivity index is 1.58. The molecule has 0 bridgehead atoms. The third kappa shape index (κ3) is 5.33. The summed E-state index contributed by atoms with van der Waals surface area (Å²) in [6.45, 7) is 1.02. The van der Waals surface area contributed by atoms with Crippen molar-refractivity contribution in [2.75, 3.05) is 19.3 Å². The average Bonchev–Trinajstić information content (AvgIpc) is 3.15. The third-order valence-corrected chi connectivity index (χ3v) is 6.83. The van der Waals surface area contributed by atoms with E-state index < -0.39 is 16.1 Å². The van der Waals surface area contributed by atoms with E-state index >= 15 is 0 Å². The first-order chi connectivity index (χ1) is 13.5. The van der Waals surface area contributed by atoms with Crippen molar-refractivity contribution in [3.05, 3.63) is 71.8 Å². The molecule has 1 amide bonds. The summed E-state index contributed by atoms with van der Waals surface area (Å²) in [4.78, 5) is 14.0. The van der Waals surface area contributed by atoms with E-state index in [9.17, 15) is 13.2 Å². The normalized spacial score (nSPS) is 17.1. The smallest absolute Gasteiger partial charge is 0.410 e. The first-order valence-electron chi connectivity index (χ1n) is 9.41. The number of rotatable bonds is 7. The zero-order valence-electron chi connectivity index (χ0n) is 16.0. The molecule has 0 aromatic heterocycles. The van der Waals surface area contributed by atoms with Crippen molar-refractivity contribution in [2.45, 2.75) is 32.0 Å². The summed E-state index contributed by atoms with van der Waals surface area (Å²) in [6, 6.07) is 18.6. The van der Waals surface area contributed by atoms with Crippen molar-refractivity contribution in [3.8, 4) is 0 Å². The van der Waals surface area contributed by atoms with Crippen LogP contribution in [0.2, 0.25) is 0 Å². The monoisotopic (exact) mass is 402 g/mol. The lowest BCUT2D eigenvalue weighted by Crippen LogP contribution is -2.43. The van der Waals surface area contributed by atoms with Gasteiger partial charge in [0.15, 0.2) is 0 Å². The fraction of sp³-hybridized carbons (Fsp3) is 0.381. The standard InChI is InChI=1S/C21H26N2O4S/c1-22(15-18-9-4-2-5-10-18)28(25,26)17-20-13-8-14-23(20)21(24)27-16-19-11-6-3-7-12-19/h2-7,9-12,20H,8,13-17H2,1H3/t20-/m1/s1. The number of benzene rings is 2. The molecule has 6 nitrogen and oxygen atoms in total. The minimum absolute atomic E-state index is 0.0865. The number of amides is 1. The number of likely N-dealkylation sites (tertiary alicyclic amines) is 1. The number of hydrogen-bond acceptors (Lipinski definition) is 4. The number of sulfonamides is 1. The number of carbonyl (C=O) groups is 1. The van der Waals surface area contributed by atoms with Gasteiger partial charge in [-0.15, -0.1) is 0 Å². The van der Waals surface area contributed by atoms with E-state index in [1.165, 1.54) is 4.31 Å². The predicted octanol–water partition coefficient (Wildman–Crippen LogP) is 3.25. The molecular formula is C21H26N2O4S. The quantitative estimate of drug-likeness (QED) is 0.713. The van der Waals surface area contributed by atoms with Gasteiger partial charge in [0.05, 0.1) is 11.8 Å². The third-order valence-electron chi connectivity index (χ3n) is 4.94. The number of nitrogens with zero attached hydrogens (tertiary/aromatic N) is 2. The lowest BCUT2D eigenvalue weighted by molar-refractivity contribution is 0.0947. The van der Waals surface area contributed by atoms with Gasteiger partial charge >= 0.3 is 6.09 Å². The second-order valence-electron chi connectivity index (χ2n) is 7.05. The van der Waals surface area contributed by atoms with E-state index in [0.717, 1.165) is 17.5 Å². The zero-order valence-corrected chi connectivity index (χ0v) is 16.8. The van der Waals surface area contributed by atoms with Gasteiger partial charge in [0.2, 0.25) is 10.0 Å². The molecule has 3 rings (SSSR count). The van der Waals surface area contributed by atoms with E-state index in [1.807, 2.05) is 60.7 Å². The highest BCUT2D eigenvalue weighted by Crippen LogP contribution is 2.22. The first kappa shape index (κ1) is 20.4. The summed E-state index contributed by atoms with van der Waals surface area (Å²) >= 11 is 0. The van der Waals surface area contributed by atoms with Gasteiger partial charge < -0.3 is 9.64 Å². The van der Waals surface area contributed by atoms with Crippen molar-refractivity contribution in [3.63, 3.8) is 0 Å². The summed E-state index contributed by atoms with van der Waals surface area (Å²) in [5, 5.41) is 0. The molecule has 0 saturated carbocycles. The molecule has 150 valence electrons. The van der Waals surface area contributed by atoms with Crippen LogP contribution in [0.15, 0.2) is 60.7 Å². The Morgan fingerprint density at radius 1 is 1.07 bits per heavy atom. The molecule has 1 aliphatic rings. The van der Waals surface area contributed by atoms with Crippen LogP contribution < -0.4 is 0 Å². The zero-order chi connectivity index (χ0) is 20.0. The van der Waals surface area contributed by atoms with Crippen molar-refractivity contribution < 1.29 is 17.9 Å². The maximum Gasteiger partial charge on any atom is 0.410 e. The molecule has 0 unspecified atom stereocenters. The van der Waals surface area contributed by atoms with E-state index in [4.69, 9.17) is 4.74 Å². The van der Waals surface area contributed by atoms with E-state index in [2.05, 4.69) is 0 Å². The average molecular weight is 403 g/mol. The van der Waals surface area contributed by atoms with E-state index in [1.54, 1.807) is 11.9 Å². The molecule has 1 saturated heterocycles. The van der Waals surface area contributed by atoms with Gasteiger partial charge in [0.25, 0.3) is 0 Å². The van der Waals surface area contributed by atoms with Crippen molar-refractivity contribution >= 4 is 16.1 Å². The highest BCUT2D eigenvalue weighted by molar-refractivity contribution is 7.89. The molecule has 0 N–H and O–H groups in total. The summed E-state index contributed by atoms with van der Waals surface area (Å²) < 4.78 is 32.3. The highest BCUT2D eigenvalue weighted by Gasteiger charge is 2.34. The molecular weight excluding hydrogens is 376 g/mol. The number of carbonyl (C=O) groups excluding carboxylic acids is 1. The van der Waals surface area contributed by atoms with Crippen LogP contribution >= 0.6 is 0 Å². The Morgan fingerprint density at radius 3 is 2.32 bits per heavy atom. The molecule has 0 aliphatic carbocycles. The van der Waals surface area contributed by atoms with Crippen LogP contribution in [0.1, 0.15) is 24.0 Å². The molecule has 7 heteroatoms. The molecule has 1 heterocycles. The second kappa shape index (κ2) is 9.21. The highest BCUT2D eigenvalue weighted by atomic mass is 32.2. The first-order valence-corrected chi connectivity index (χ1v) is 11.0. The Kier molecular flexibility index (Phi) is 6.70. The Bertz CT molecular complexity index is 872. The maximum absolute atomic E-state index is 12.8. The summed E-state index contributed by atoms with van der Waals surface area (Å²) in [7, 11) is -1.91. The molecule has 1 fully saturated rings. The number of ether oxygens (including phenoxy) is 1. The van der Waals surface area contributed by atoms with Crippen LogP contribution in [0.5, 0.6) is 0 Å². The van der Waals surface area contributed by atoms with E-state index in [-0.39, 0.29) is 18.4 Å². The SMILES string of the molecule is CN(Cc1ccccc1)S(=O)(=O)C[C@H]1CCCN1C(=O)OCc1ccccc1. The van der Waals surface area contributed by atoms with Crippen molar-refractivity contribution in [1.29, 1.82) is 0 Å². The van der Waals surface area contributed by atoms with Gasteiger partial charge in [-0.05, 0) is 24.0 Å². The van der Waals surface area contributed by atoms with Crippen LogP contribution in [0.25, 0.3) is 0 Å². The fourth-order valence-electron chi connectivity index (χ4n) is 3.36. The largest absolute Gasteiger partial charge is 0.445 e. The Hall–Kier alpha value is -2.38. The van der Waals surface area contributed by atoms with Crippen LogP contribution in [0.3, 0.4) is 0 Å². The van der Waals surface area contributed by atoms with Gasteiger partial charge in [-0.1, -0.05) is 60.7 Å². The van der Waals surface area contributed by atoms with Gasteiger partial charge in [-0.25, -0.2) is 17.5 Å². The van der Waals surface area contributed by atoms with Crippen LogP contribution in [0.4, 0.5) is 4.79 Å². The minimum Gasteiger partial charge on any atom is -0.445 e. The topological polar surface area (TPSA) is 66.9 Å². The lowest BCUT2D eigenvalue weighted by Gasteiger charge is -2.26. The predicted molar refractivity (Wildman–Crippen MR) is 108 cm³/mol. The summed E-state index contributed by atoms with van der Waals surface area (Å²) in [5.74, 6) is -0.0865. The lowest BCUT2D eigenvalue weighted by atomic mass is 10.2.